The molecule has 4 atom stereocenters. The predicted molar refractivity (Wildman–Crippen MR) is 226 cm³/mol. The number of aliphatic hydroxyl groups is 2. The predicted octanol–water partition coefficient (Wildman–Crippen LogP) is 4.67. The van der Waals surface area contributed by atoms with Gasteiger partial charge in [-0.15, -0.1) is 0 Å². The molecule has 0 spiro atoms. The number of hydrogen-bond donors (Lipinski definition) is 10. The molecule has 4 unspecified atom stereocenters. The number of benzene rings is 4. The number of aliphatic hydroxyl groups excluding tert-OH is 2. The Kier molecular flexibility index (Phi) is 13.4. The van der Waals surface area contributed by atoms with Crippen LogP contribution in [0.25, 0.3) is 12.2 Å². The molecular formula is C38H40N12O8S2. The van der Waals surface area contributed by atoms with Crippen LogP contribution in [0.2, 0.25) is 0 Å². The summed E-state index contributed by atoms with van der Waals surface area (Å²) >= 11 is 0. The summed E-state index contributed by atoms with van der Waals surface area (Å²) in [6.07, 6.45) is 2.87. The first-order valence-electron chi connectivity index (χ1n) is 18.0. The number of rotatable bonds is 18. The van der Waals surface area contributed by atoms with Crippen molar-refractivity contribution in [3.8, 4) is 0 Å². The Morgan fingerprint density at radius 3 is 1.23 bits per heavy atom. The summed E-state index contributed by atoms with van der Waals surface area (Å²) in [4.78, 5) is 23.7. The van der Waals surface area contributed by atoms with E-state index in [-0.39, 0.29) is 46.3 Å². The largest absolute Gasteiger partial charge is 0.372 e. The first-order valence-corrected chi connectivity index (χ1v) is 20.8. The number of hydrogen-bond acceptors (Lipinski definition) is 18. The van der Waals surface area contributed by atoms with Crippen LogP contribution in [0.15, 0.2) is 120 Å². The van der Waals surface area contributed by atoms with Crippen molar-refractivity contribution < 1.29 is 36.2 Å². The van der Waals surface area contributed by atoms with Crippen molar-refractivity contribution in [1.29, 1.82) is 0 Å². The van der Waals surface area contributed by atoms with Gasteiger partial charge in [0.1, 0.15) is 34.9 Å². The number of nitrogens with one attached hydrogen (secondary N) is 6. The summed E-state index contributed by atoms with van der Waals surface area (Å²) in [5, 5.41) is 38.7. The molecule has 312 valence electrons. The maximum Gasteiger partial charge on any atom is 0.295 e. The normalized spacial score (nSPS) is 13.8. The monoisotopic (exact) mass is 856 g/mol. The minimum atomic E-state index is -4.83. The van der Waals surface area contributed by atoms with Gasteiger partial charge in [0.25, 0.3) is 20.2 Å². The first-order chi connectivity index (χ1) is 28.6. The van der Waals surface area contributed by atoms with Crippen molar-refractivity contribution in [3.05, 3.63) is 121 Å². The number of nitrogens with zero attached hydrogens (tertiary/aromatic N) is 6. The molecule has 0 amide bonds. The van der Waals surface area contributed by atoms with Crippen molar-refractivity contribution in [3.63, 3.8) is 0 Å². The van der Waals surface area contributed by atoms with Crippen LogP contribution < -0.4 is 31.9 Å². The lowest BCUT2D eigenvalue weighted by atomic mass is 10.1. The van der Waals surface area contributed by atoms with Gasteiger partial charge in [0, 0.05) is 22.7 Å². The van der Waals surface area contributed by atoms with E-state index in [4.69, 9.17) is 0 Å². The van der Waals surface area contributed by atoms with Crippen molar-refractivity contribution in [1.82, 2.24) is 29.9 Å². The van der Waals surface area contributed by atoms with Crippen LogP contribution in [0, 0.1) is 0 Å². The second-order valence-corrected chi connectivity index (χ2v) is 15.9. The van der Waals surface area contributed by atoms with Gasteiger partial charge in [0.05, 0.1) is 12.1 Å². The second-order valence-electron chi connectivity index (χ2n) is 13.1. The molecule has 10 N–H and O–H groups in total. The minimum Gasteiger partial charge on any atom is -0.372 e. The van der Waals surface area contributed by atoms with Crippen LogP contribution in [0.5, 0.6) is 0 Å². The highest BCUT2D eigenvalue weighted by atomic mass is 32.2. The average molecular weight is 857 g/mol. The molecule has 20 nitrogen and oxygen atoms in total. The van der Waals surface area contributed by atoms with Crippen LogP contribution >= 0.6 is 0 Å². The highest BCUT2D eigenvalue weighted by Gasteiger charge is 2.20. The van der Waals surface area contributed by atoms with Crippen molar-refractivity contribution in [2.45, 2.75) is 48.2 Å². The van der Waals surface area contributed by atoms with Crippen molar-refractivity contribution in [2.75, 3.05) is 31.9 Å². The third kappa shape index (κ3) is 11.9. The Morgan fingerprint density at radius 1 is 0.500 bits per heavy atom. The van der Waals surface area contributed by atoms with E-state index in [1.54, 1.807) is 38.1 Å². The zero-order valence-corrected chi connectivity index (χ0v) is 33.4. The smallest absolute Gasteiger partial charge is 0.295 e. The van der Waals surface area contributed by atoms with Gasteiger partial charge in [-0.25, -0.2) is 19.9 Å². The molecular weight excluding hydrogens is 817 g/mol. The van der Waals surface area contributed by atoms with Crippen LogP contribution in [-0.4, -0.2) is 90.6 Å². The maximum absolute atomic E-state index is 12.5. The molecule has 2 heterocycles. The average Bonchev–Trinajstić information content (AvgIpc) is 3.21. The fraction of sp³-hybridized carbons (Fsp3) is 0.158. The number of para-hydroxylation sites is 2. The van der Waals surface area contributed by atoms with Gasteiger partial charge in [-0.3, -0.25) is 9.11 Å². The van der Waals surface area contributed by atoms with E-state index in [0.29, 0.717) is 11.4 Å². The van der Waals surface area contributed by atoms with Gasteiger partial charge in [-0.1, -0.05) is 60.7 Å². The topological polar surface area (TPSA) is 299 Å². The Labute approximate surface area is 344 Å². The molecule has 0 aliphatic rings. The Balaban J connectivity index is 1.15. The van der Waals surface area contributed by atoms with E-state index < -0.39 is 54.6 Å². The SMILES string of the molecule is CC(Nc1ncnc(Nc2ccc(C=Cc3ccc(Nc4ncnc(NC(C)C(O)Nc5ccccc5)n4)cc3S(=O)(=O)O)c(S(=O)(=O)O)c2)n1)C(O)Nc1ccccc1. The van der Waals surface area contributed by atoms with Gasteiger partial charge in [0.2, 0.25) is 23.8 Å². The molecule has 6 aromatic rings. The van der Waals surface area contributed by atoms with E-state index in [1.165, 1.54) is 49.1 Å². The maximum atomic E-state index is 12.5. The molecule has 60 heavy (non-hydrogen) atoms. The summed E-state index contributed by atoms with van der Waals surface area (Å²) < 4.78 is 70.3. The molecule has 6 rings (SSSR count). The molecule has 22 heteroatoms. The zero-order valence-electron chi connectivity index (χ0n) is 31.8. The summed E-state index contributed by atoms with van der Waals surface area (Å²) in [5.41, 5.74) is 1.68. The third-order valence-electron chi connectivity index (χ3n) is 8.52. The zero-order chi connectivity index (χ0) is 42.9. The Hall–Kier alpha value is -6.82. The van der Waals surface area contributed by atoms with Crippen LogP contribution in [0.1, 0.15) is 25.0 Å². The fourth-order valence-electron chi connectivity index (χ4n) is 5.46. The van der Waals surface area contributed by atoms with Crippen LogP contribution in [0.4, 0.5) is 46.5 Å². The van der Waals surface area contributed by atoms with E-state index >= 15 is 0 Å². The molecule has 0 aliphatic heterocycles. The van der Waals surface area contributed by atoms with E-state index in [1.807, 2.05) is 36.4 Å². The lowest BCUT2D eigenvalue weighted by Crippen LogP contribution is -2.37. The summed E-state index contributed by atoms with van der Waals surface area (Å²) in [6.45, 7) is 3.42. The van der Waals surface area contributed by atoms with Crippen molar-refractivity contribution >= 4 is 78.9 Å². The van der Waals surface area contributed by atoms with Gasteiger partial charge >= 0.3 is 0 Å². The Morgan fingerprint density at radius 2 is 0.867 bits per heavy atom. The minimum absolute atomic E-state index is 0.00965. The third-order valence-corrected chi connectivity index (χ3v) is 10.3. The van der Waals surface area contributed by atoms with Crippen LogP contribution in [-0.2, 0) is 20.2 Å². The van der Waals surface area contributed by atoms with Gasteiger partial charge in [-0.2, -0.15) is 26.8 Å². The number of anilines is 8. The summed E-state index contributed by atoms with van der Waals surface area (Å²) in [7, 11) is -9.67. The molecule has 2 aromatic heterocycles. The molecule has 0 fully saturated rings. The fourth-order valence-corrected chi connectivity index (χ4v) is 6.88. The lowest BCUT2D eigenvalue weighted by Gasteiger charge is -2.22. The second kappa shape index (κ2) is 18.8. The summed E-state index contributed by atoms with van der Waals surface area (Å²) in [5.74, 6) is 0.228. The van der Waals surface area contributed by atoms with Gasteiger partial charge in [-0.05, 0) is 73.5 Å². The van der Waals surface area contributed by atoms with E-state index in [9.17, 15) is 36.2 Å². The van der Waals surface area contributed by atoms with Crippen LogP contribution in [0.3, 0.4) is 0 Å². The molecule has 0 radical (unpaired) electrons. The standard InChI is InChI=1S/C38H40N12O8S2/c1-23(33(51)45-27-9-5-3-6-10-27)43-35-39-21-41-37(49-35)47-29-17-15-25(31(19-29)59(53,54)55)13-14-26-16-18-30(20-32(26)60(56,57)58)48-38-42-22-40-36(50-38)44-24(2)34(52)46-28-11-7-4-8-12-28/h3-24,33-34,45-46,51-52H,1-2H3,(H,53,54,55)(H,56,57,58)(H2,39,41,43,47,49)(H2,40,42,44,48,50). The lowest BCUT2D eigenvalue weighted by molar-refractivity contribution is 0.186. The number of aromatic nitrogens is 6. The molecule has 0 aliphatic carbocycles. The molecule has 4 aromatic carbocycles. The quantitative estimate of drug-likeness (QED) is 0.0319. The molecule has 0 saturated heterocycles. The highest BCUT2D eigenvalue weighted by Crippen LogP contribution is 2.28. The first kappa shape index (κ1) is 42.8. The Bertz CT molecular complexity index is 2480. The van der Waals surface area contributed by atoms with E-state index in [2.05, 4.69) is 61.8 Å². The highest BCUT2D eigenvalue weighted by molar-refractivity contribution is 7.86. The van der Waals surface area contributed by atoms with Crippen molar-refractivity contribution in [2.24, 2.45) is 0 Å². The molecule has 0 bridgehead atoms. The van der Waals surface area contributed by atoms with Gasteiger partial charge < -0.3 is 42.1 Å². The summed E-state index contributed by atoms with van der Waals surface area (Å²) in [6, 6.07) is 24.9. The van der Waals surface area contributed by atoms with E-state index in [0.717, 1.165) is 12.1 Å². The molecule has 0 saturated carbocycles. The van der Waals surface area contributed by atoms with Gasteiger partial charge in [0.15, 0.2) is 0 Å².